The number of benzene rings is 2. The molecule has 0 unspecified atom stereocenters. The molecule has 1 heterocycles. The van der Waals surface area contributed by atoms with Crippen LogP contribution < -0.4 is 10.6 Å². The van der Waals surface area contributed by atoms with Crippen molar-refractivity contribution in [1.29, 1.82) is 0 Å². The van der Waals surface area contributed by atoms with Crippen LogP contribution in [0.3, 0.4) is 0 Å². The zero-order valence-corrected chi connectivity index (χ0v) is 17.0. The Morgan fingerprint density at radius 2 is 1.72 bits per heavy atom. The molecule has 0 radical (unpaired) electrons. The summed E-state index contributed by atoms with van der Waals surface area (Å²) in [6, 6.07) is 7.65. The summed E-state index contributed by atoms with van der Waals surface area (Å²) in [6.45, 7) is 1.77. The molecule has 0 atom stereocenters. The number of para-hydroxylation sites is 1. The average Bonchev–Trinajstić information content (AvgIpc) is 3.04. The zero-order valence-electron chi connectivity index (χ0n) is 14.7. The van der Waals surface area contributed by atoms with E-state index >= 15 is 0 Å². The number of carboxylic acids is 1. The van der Waals surface area contributed by atoms with E-state index in [0.29, 0.717) is 4.68 Å². The molecule has 0 saturated carbocycles. The molecule has 0 bridgehead atoms. The van der Waals surface area contributed by atoms with Gasteiger partial charge in [-0.15, -0.1) is 4.68 Å². The van der Waals surface area contributed by atoms with Gasteiger partial charge in [0.15, 0.2) is 0 Å². The third-order valence-electron chi connectivity index (χ3n) is 3.94. The van der Waals surface area contributed by atoms with E-state index in [1.165, 1.54) is 30.3 Å². The molecule has 150 valence electrons. The molecule has 29 heavy (non-hydrogen) atoms. The third-order valence-corrected chi connectivity index (χ3v) is 4.86. The van der Waals surface area contributed by atoms with Crippen molar-refractivity contribution in [3.05, 3.63) is 67.5 Å². The molecule has 9 nitrogen and oxygen atoms in total. The summed E-state index contributed by atoms with van der Waals surface area (Å²) in [5, 5.41) is 16.7. The smallest absolute Gasteiger partial charge is 0.377 e. The van der Waals surface area contributed by atoms with Crippen molar-refractivity contribution in [2.75, 3.05) is 11.4 Å². The van der Waals surface area contributed by atoms with Gasteiger partial charge < -0.3 is 5.11 Å². The molecule has 0 fully saturated rings. The number of hydrogen-bond acceptors (Lipinski definition) is 5. The lowest BCUT2D eigenvalue weighted by Crippen LogP contribution is -2.41. The van der Waals surface area contributed by atoms with Crippen LogP contribution in [0, 0.1) is 0 Å². The summed E-state index contributed by atoms with van der Waals surface area (Å²) >= 11 is 18.3. The first-order valence-corrected chi connectivity index (χ1v) is 9.23. The van der Waals surface area contributed by atoms with Gasteiger partial charge in [0.25, 0.3) is 0 Å². The maximum absolute atomic E-state index is 12.9. The molecule has 1 amide bonds. The summed E-state index contributed by atoms with van der Waals surface area (Å²) in [5.41, 5.74) is -0.631. The first-order chi connectivity index (χ1) is 13.8. The van der Waals surface area contributed by atoms with Crippen LogP contribution in [-0.2, 0) is 0 Å². The largest absolute Gasteiger partial charge is 0.478 e. The van der Waals surface area contributed by atoms with Crippen LogP contribution in [0.25, 0.3) is 5.69 Å². The first-order valence-electron chi connectivity index (χ1n) is 8.10. The molecule has 3 aromatic rings. The van der Waals surface area contributed by atoms with E-state index in [1.54, 1.807) is 13.0 Å². The van der Waals surface area contributed by atoms with Gasteiger partial charge in [-0.2, -0.15) is 4.68 Å². The summed E-state index contributed by atoms with van der Waals surface area (Å²) in [5.74, 6) is -1.16. The molecule has 0 spiro atoms. The third kappa shape index (κ3) is 3.84. The Bertz CT molecular complexity index is 1150. The molecule has 0 aliphatic heterocycles. The normalized spacial score (nSPS) is 10.8. The Morgan fingerprint density at radius 3 is 2.28 bits per heavy atom. The van der Waals surface area contributed by atoms with Gasteiger partial charge in [-0.1, -0.05) is 40.9 Å². The highest BCUT2D eigenvalue weighted by molar-refractivity contribution is 6.37. The number of carbonyl (C=O) groups excluding carboxylic acids is 1. The Balaban J connectivity index is 2.03. The number of nitrogens with zero attached hydrogens (tertiary/aromatic N) is 5. The van der Waals surface area contributed by atoms with Crippen molar-refractivity contribution in [2.45, 2.75) is 6.92 Å². The molecule has 1 aromatic heterocycles. The monoisotopic (exact) mass is 455 g/mol. The fraction of sp³-hybridized carbons (Fsp3) is 0.118. The van der Waals surface area contributed by atoms with E-state index < -0.39 is 17.7 Å². The van der Waals surface area contributed by atoms with Crippen LogP contribution in [0.5, 0.6) is 0 Å². The van der Waals surface area contributed by atoms with Gasteiger partial charge in [0, 0.05) is 6.54 Å². The van der Waals surface area contributed by atoms with E-state index in [0.717, 1.165) is 9.58 Å². The number of aromatic carboxylic acids is 1. The molecule has 0 aliphatic carbocycles. The molecule has 2 aromatic carbocycles. The lowest BCUT2D eigenvalue weighted by molar-refractivity contribution is 0.0697. The van der Waals surface area contributed by atoms with E-state index in [9.17, 15) is 14.4 Å². The van der Waals surface area contributed by atoms with Crippen molar-refractivity contribution >= 4 is 52.5 Å². The summed E-state index contributed by atoms with van der Waals surface area (Å²) < 4.78 is 1.34. The number of aromatic nitrogens is 4. The van der Waals surface area contributed by atoms with Crippen LogP contribution in [-0.4, -0.2) is 43.4 Å². The van der Waals surface area contributed by atoms with Crippen molar-refractivity contribution in [1.82, 2.24) is 19.8 Å². The van der Waals surface area contributed by atoms with Gasteiger partial charge in [-0.05, 0) is 47.7 Å². The fourth-order valence-corrected chi connectivity index (χ4v) is 3.42. The molecule has 0 saturated heterocycles. The standard InChI is InChI=1S/C17H12Cl3N5O4/c1-2-23(13-7-6-9(15(26)27)8-12(13)20)16(28)25-17(29)24(21-22-25)14-10(18)4-3-5-11(14)19/h3-8H,2H2,1H3,(H,26,27). The lowest BCUT2D eigenvalue weighted by atomic mass is 10.2. The highest BCUT2D eigenvalue weighted by Gasteiger charge is 2.25. The van der Waals surface area contributed by atoms with Gasteiger partial charge >= 0.3 is 17.7 Å². The van der Waals surface area contributed by atoms with Gasteiger partial charge in [0.05, 0.1) is 26.3 Å². The second kappa shape index (κ2) is 8.24. The quantitative estimate of drug-likeness (QED) is 0.601. The number of carbonyl (C=O) groups is 2. The number of tetrazole rings is 1. The number of rotatable bonds is 4. The van der Waals surface area contributed by atoms with Gasteiger partial charge in [-0.25, -0.2) is 14.4 Å². The molecule has 12 heteroatoms. The van der Waals surface area contributed by atoms with Crippen molar-refractivity contribution < 1.29 is 14.7 Å². The van der Waals surface area contributed by atoms with Crippen molar-refractivity contribution in [2.24, 2.45) is 0 Å². The second-order valence-corrected chi connectivity index (χ2v) is 6.88. The molecular formula is C17H12Cl3N5O4. The lowest BCUT2D eigenvalue weighted by Gasteiger charge is -2.21. The second-order valence-electron chi connectivity index (χ2n) is 5.65. The van der Waals surface area contributed by atoms with Crippen molar-refractivity contribution in [3.63, 3.8) is 0 Å². The Kier molecular flexibility index (Phi) is 5.92. The van der Waals surface area contributed by atoms with E-state index in [4.69, 9.17) is 39.9 Å². The molecule has 1 N–H and O–H groups in total. The minimum absolute atomic E-state index is 0.0229. The predicted octanol–water partition coefficient (Wildman–Crippen LogP) is 3.58. The van der Waals surface area contributed by atoms with Gasteiger partial charge in [-0.3, -0.25) is 4.90 Å². The van der Waals surface area contributed by atoms with E-state index in [2.05, 4.69) is 10.4 Å². The van der Waals surface area contributed by atoms with Crippen LogP contribution in [0.15, 0.2) is 41.2 Å². The number of hydrogen-bond donors (Lipinski definition) is 1. The molecular weight excluding hydrogens is 445 g/mol. The van der Waals surface area contributed by atoms with Crippen LogP contribution in [0.2, 0.25) is 15.1 Å². The fourth-order valence-electron chi connectivity index (χ4n) is 2.58. The number of amides is 1. The maximum atomic E-state index is 12.9. The highest BCUT2D eigenvalue weighted by atomic mass is 35.5. The Morgan fingerprint density at radius 1 is 1.07 bits per heavy atom. The van der Waals surface area contributed by atoms with Crippen molar-refractivity contribution in [3.8, 4) is 5.69 Å². The first kappa shape index (κ1) is 20.8. The number of halogens is 3. The van der Waals surface area contributed by atoms with Gasteiger partial charge in [0.2, 0.25) is 0 Å². The average molecular weight is 457 g/mol. The van der Waals surface area contributed by atoms with Gasteiger partial charge in [0.1, 0.15) is 5.69 Å². The Labute approximate surface area is 178 Å². The topological polar surface area (TPSA) is 110 Å². The van der Waals surface area contributed by atoms with E-state index in [-0.39, 0.29) is 38.6 Å². The number of carboxylic acid groups (broad SMARTS) is 1. The highest BCUT2D eigenvalue weighted by Crippen LogP contribution is 2.28. The predicted molar refractivity (Wildman–Crippen MR) is 108 cm³/mol. The number of anilines is 1. The molecule has 3 rings (SSSR count). The molecule has 0 aliphatic rings. The summed E-state index contributed by atoms with van der Waals surface area (Å²) in [4.78, 5) is 37.9. The summed E-state index contributed by atoms with van der Waals surface area (Å²) in [7, 11) is 0. The SMILES string of the molecule is CCN(C(=O)n1nnn(-c2c(Cl)cccc2Cl)c1=O)c1ccc(C(=O)O)cc1Cl. The zero-order chi connectivity index (χ0) is 21.3. The van der Waals surface area contributed by atoms with Crippen LogP contribution in [0.1, 0.15) is 17.3 Å². The summed E-state index contributed by atoms with van der Waals surface area (Å²) in [6.07, 6.45) is 0. The minimum Gasteiger partial charge on any atom is -0.478 e. The Hall–Kier alpha value is -2.88. The maximum Gasteiger partial charge on any atom is 0.377 e. The van der Waals surface area contributed by atoms with Crippen LogP contribution >= 0.6 is 34.8 Å². The van der Waals surface area contributed by atoms with Crippen LogP contribution in [0.4, 0.5) is 10.5 Å². The van der Waals surface area contributed by atoms with E-state index in [1.807, 2.05) is 0 Å². The minimum atomic E-state index is -1.16.